The molecule has 5 heteroatoms. The van der Waals surface area contributed by atoms with Gasteiger partial charge in [0.05, 0.1) is 11.8 Å². The molecular formula is C15H16FNO3. The predicted molar refractivity (Wildman–Crippen MR) is 72.8 cm³/mol. The largest absolute Gasteiger partial charge is 0.481 e. The third-order valence-corrected chi connectivity index (χ3v) is 3.51. The summed E-state index contributed by atoms with van der Waals surface area (Å²) in [4.78, 5) is 23.3. The van der Waals surface area contributed by atoms with Crippen LogP contribution >= 0.6 is 0 Å². The number of amides is 1. The average Bonchev–Trinajstić information content (AvgIpc) is 2.43. The smallest absolute Gasteiger partial charge is 0.307 e. The van der Waals surface area contributed by atoms with E-state index in [4.69, 9.17) is 5.11 Å². The van der Waals surface area contributed by atoms with Gasteiger partial charge in [0.2, 0.25) is 5.91 Å². The van der Waals surface area contributed by atoms with Crippen LogP contribution in [0.25, 0.3) is 0 Å². The van der Waals surface area contributed by atoms with Gasteiger partial charge in [0, 0.05) is 5.69 Å². The molecule has 20 heavy (non-hydrogen) atoms. The zero-order valence-electron chi connectivity index (χ0n) is 11.1. The molecule has 0 heterocycles. The molecule has 0 radical (unpaired) electrons. The van der Waals surface area contributed by atoms with E-state index in [1.807, 2.05) is 6.08 Å². The SMILES string of the molecule is Cc1cc(NC(=O)[C@@H]2CC=CC[C@@H]2C(=O)O)ccc1F. The topological polar surface area (TPSA) is 66.4 Å². The van der Waals surface area contributed by atoms with Crippen LogP contribution in [0.4, 0.5) is 10.1 Å². The normalized spacial score (nSPS) is 21.5. The van der Waals surface area contributed by atoms with Crippen LogP contribution in [0.5, 0.6) is 0 Å². The molecule has 1 aromatic rings. The molecule has 0 unspecified atom stereocenters. The van der Waals surface area contributed by atoms with Gasteiger partial charge in [0.25, 0.3) is 0 Å². The second-order valence-electron chi connectivity index (χ2n) is 4.95. The van der Waals surface area contributed by atoms with Crippen molar-refractivity contribution >= 4 is 17.6 Å². The molecule has 0 fully saturated rings. The van der Waals surface area contributed by atoms with E-state index in [9.17, 15) is 14.0 Å². The summed E-state index contributed by atoms with van der Waals surface area (Å²) in [6, 6.07) is 4.27. The highest BCUT2D eigenvalue weighted by Crippen LogP contribution is 2.27. The predicted octanol–water partition coefficient (Wildman–Crippen LogP) is 2.74. The first-order valence-electron chi connectivity index (χ1n) is 6.44. The molecule has 0 saturated carbocycles. The van der Waals surface area contributed by atoms with Gasteiger partial charge >= 0.3 is 5.97 Å². The van der Waals surface area contributed by atoms with Crippen LogP contribution in [0, 0.1) is 24.6 Å². The lowest BCUT2D eigenvalue weighted by Crippen LogP contribution is -2.34. The molecule has 1 aliphatic carbocycles. The lowest BCUT2D eigenvalue weighted by atomic mass is 9.82. The van der Waals surface area contributed by atoms with Crippen molar-refractivity contribution in [2.75, 3.05) is 5.32 Å². The number of carboxylic acids is 1. The first-order chi connectivity index (χ1) is 9.49. The van der Waals surface area contributed by atoms with Gasteiger partial charge in [-0.25, -0.2) is 4.39 Å². The van der Waals surface area contributed by atoms with Gasteiger partial charge in [-0.3, -0.25) is 9.59 Å². The Hall–Kier alpha value is -2.17. The summed E-state index contributed by atoms with van der Waals surface area (Å²) in [5.74, 6) is -2.95. The molecule has 0 aromatic heterocycles. The van der Waals surface area contributed by atoms with Crippen LogP contribution < -0.4 is 5.32 Å². The van der Waals surface area contributed by atoms with Crippen molar-refractivity contribution in [1.82, 2.24) is 0 Å². The number of anilines is 1. The number of allylic oxidation sites excluding steroid dienone is 2. The maximum Gasteiger partial charge on any atom is 0.307 e. The summed E-state index contributed by atoms with van der Waals surface area (Å²) < 4.78 is 13.2. The molecule has 2 N–H and O–H groups in total. The average molecular weight is 277 g/mol. The third kappa shape index (κ3) is 3.04. The summed E-state index contributed by atoms with van der Waals surface area (Å²) in [5.41, 5.74) is 0.911. The van der Waals surface area contributed by atoms with E-state index in [-0.39, 0.29) is 11.7 Å². The van der Waals surface area contributed by atoms with Gasteiger partial charge in [-0.05, 0) is 43.5 Å². The molecule has 0 spiro atoms. The minimum absolute atomic E-state index is 0.340. The lowest BCUT2D eigenvalue weighted by molar-refractivity contribution is -0.146. The van der Waals surface area contributed by atoms with Crippen molar-refractivity contribution in [1.29, 1.82) is 0 Å². The van der Waals surface area contributed by atoms with Crippen molar-refractivity contribution in [3.63, 3.8) is 0 Å². The molecule has 106 valence electrons. The number of aliphatic carboxylic acids is 1. The maximum absolute atomic E-state index is 13.2. The standard InChI is InChI=1S/C15H16FNO3/c1-9-8-10(6-7-13(9)16)17-14(18)11-4-2-3-5-12(11)15(19)20/h2-3,6-8,11-12H,4-5H2,1H3,(H,17,18)(H,19,20)/t11-,12+/m1/s1. The summed E-state index contributed by atoms with van der Waals surface area (Å²) in [7, 11) is 0. The number of hydrogen-bond donors (Lipinski definition) is 2. The van der Waals surface area contributed by atoms with E-state index >= 15 is 0 Å². The molecule has 1 aliphatic rings. The Balaban J connectivity index is 2.12. The Kier molecular flexibility index (Phi) is 4.17. The van der Waals surface area contributed by atoms with Crippen molar-refractivity contribution in [2.24, 2.45) is 11.8 Å². The number of hydrogen-bond acceptors (Lipinski definition) is 2. The molecule has 0 bridgehead atoms. The molecule has 1 amide bonds. The van der Waals surface area contributed by atoms with Gasteiger partial charge in [0.15, 0.2) is 0 Å². The minimum Gasteiger partial charge on any atom is -0.481 e. The summed E-state index contributed by atoms with van der Waals surface area (Å²) in [5, 5.41) is 11.8. The molecule has 0 saturated heterocycles. The fraction of sp³-hybridized carbons (Fsp3) is 0.333. The summed E-state index contributed by atoms with van der Waals surface area (Å²) in [6.45, 7) is 1.61. The highest BCUT2D eigenvalue weighted by Gasteiger charge is 2.33. The maximum atomic E-state index is 13.2. The summed E-state index contributed by atoms with van der Waals surface area (Å²) in [6.07, 6.45) is 4.36. The quantitative estimate of drug-likeness (QED) is 0.835. The van der Waals surface area contributed by atoms with Crippen molar-refractivity contribution in [3.8, 4) is 0 Å². The third-order valence-electron chi connectivity index (χ3n) is 3.51. The second kappa shape index (κ2) is 5.86. The molecule has 1 aromatic carbocycles. The number of carbonyl (C=O) groups is 2. The van der Waals surface area contributed by atoms with Crippen LogP contribution in [0.2, 0.25) is 0 Å². The Morgan fingerprint density at radius 2 is 1.90 bits per heavy atom. The first-order valence-corrected chi connectivity index (χ1v) is 6.44. The molecule has 2 rings (SSSR count). The van der Waals surface area contributed by atoms with Crippen LogP contribution in [0.1, 0.15) is 18.4 Å². The number of carbonyl (C=O) groups excluding carboxylic acids is 1. The number of benzene rings is 1. The van der Waals surface area contributed by atoms with Crippen LogP contribution in [0.15, 0.2) is 30.4 Å². The summed E-state index contributed by atoms with van der Waals surface area (Å²) >= 11 is 0. The second-order valence-corrected chi connectivity index (χ2v) is 4.95. The molecule has 0 aliphatic heterocycles. The van der Waals surface area contributed by atoms with Gasteiger partial charge in [-0.15, -0.1) is 0 Å². The van der Waals surface area contributed by atoms with Crippen LogP contribution in [-0.2, 0) is 9.59 Å². The number of aryl methyl sites for hydroxylation is 1. The van der Waals surface area contributed by atoms with E-state index in [1.165, 1.54) is 18.2 Å². The molecule has 2 atom stereocenters. The zero-order valence-corrected chi connectivity index (χ0v) is 11.1. The van der Waals surface area contributed by atoms with Crippen molar-refractivity contribution in [3.05, 3.63) is 41.7 Å². The fourth-order valence-electron chi connectivity index (χ4n) is 2.33. The van der Waals surface area contributed by atoms with Crippen LogP contribution in [0.3, 0.4) is 0 Å². The minimum atomic E-state index is -0.968. The van der Waals surface area contributed by atoms with E-state index in [2.05, 4.69) is 5.32 Å². The highest BCUT2D eigenvalue weighted by atomic mass is 19.1. The Morgan fingerprint density at radius 1 is 1.25 bits per heavy atom. The number of carboxylic acid groups (broad SMARTS) is 1. The van der Waals surface area contributed by atoms with Crippen molar-refractivity contribution < 1.29 is 19.1 Å². The first kappa shape index (κ1) is 14.2. The van der Waals surface area contributed by atoms with Gasteiger partial charge in [-0.1, -0.05) is 12.2 Å². The lowest BCUT2D eigenvalue weighted by Gasteiger charge is -2.24. The number of halogens is 1. The monoisotopic (exact) mass is 277 g/mol. The van der Waals surface area contributed by atoms with E-state index < -0.39 is 17.8 Å². The molecular weight excluding hydrogens is 261 g/mol. The van der Waals surface area contributed by atoms with Gasteiger partial charge < -0.3 is 10.4 Å². The van der Waals surface area contributed by atoms with E-state index in [0.29, 0.717) is 24.1 Å². The van der Waals surface area contributed by atoms with Crippen molar-refractivity contribution in [2.45, 2.75) is 19.8 Å². The van der Waals surface area contributed by atoms with Crippen LogP contribution in [-0.4, -0.2) is 17.0 Å². The van der Waals surface area contributed by atoms with E-state index in [1.54, 1.807) is 13.0 Å². The van der Waals surface area contributed by atoms with Gasteiger partial charge in [0.1, 0.15) is 5.82 Å². The number of nitrogens with one attached hydrogen (secondary N) is 1. The van der Waals surface area contributed by atoms with Gasteiger partial charge in [-0.2, -0.15) is 0 Å². The zero-order chi connectivity index (χ0) is 14.7. The fourth-order valence-corrected chi connectivity index (χ4v) is 2.33. The number of rotatable bonds is 3. The Labute approximate surface area is 116 Å². The Morgan fingerprint density at radius 3 is 2.50 bits per heavy atom. The highest BCUT2D eigenvalue weighted by molar-refractivity contribution is 5.95. The molecule has 4 nitrogen and oxygen atoms in total. The van der Waals surface area contributed by atoms with E-state index in [0.717, 1.165) is 0 Å². The Bertz CT molecular complexity index is 568.